The van der Waals surface area contributed by atoms with Gasteiger partial charge in [-0.15, -0.1) is 0 Å². The van der Waals surface area contributed by atoms with Crippen molar-refractivity contribution in [2.45, 2.75) is 24.9 Å². The van der Waals surface area contributed by atoms with Crippen LogP contribution < -0.4 is 10.1 Å². The highest BCUT2D eigenvalue weighted by atomic mass is 16.5. The largest absolute Gasteiger partial charge is 0.492 e. The first-order valence-corrected chi connectivity index (χ1v) is 8.05. The van der Waals surface area contributed by atoms with E-state index < -0.39 is 5.60 Å². The molecule has 2 aliphatic heterocycles. The normalized spacial score (nSPS) is 23.9. The average molecular weight is 295 g/mol. The van der Waals surface area contributed by atoms with Gasteiger partial charge in [0.05, 0.1) is 6.61 Å². The van der Waals surface area contributed by atoms with Gasteiger partial charge in [-0.1, -0.05) is 42.5 Å². The molecule has 114 valence electrons. The summed E-state index contributed by atoms with van der Waals surface area (Å²) in [4.78, 5) is 0. The molecule has 1 saturated heterocycles. The van der Waals surface area contributed by atoms with E-state index in [9.17, 15) is 5.11 Å². The number of β-amino-alcohol motifs (C(OH)–C–C–N with tert-alkyl or cyclic N) is 1. The highest BCUT2D eigenvalue weighted by Crippen LogP contribution is 2.37. The molecule has 1 atom stereocenters. The number of para-hydroxylation sites is 1. The highest BCUT2D eigenvalue weighted by Gasteiger charge is 2.31. The maximum absolute atomic E-state index is 10.8. The Bertz CT molecular complexity index is 672. The summed E-state index contributed by atoms with van der Waals surface area (Å²) in [7, 11) is 0. The third-order valence-electron chi connectivity index (χ3n) is 4.81. The van der Waals surface area contributed by atoms with Crippen molar-refractivity contribution in [1.29, 1.82) is 0 Å². The first kappa shape index (κ1) is 13.8. The maximum Gasteiger partial charge on any atom is 0.130 e. The molecule has 1 fully saturated rings. The lowest BCUT2D eigenvalue weighted by Gasteiger charge is -2.33. The van der Waals surface area contributed by atoms with Gasteiger partial charge in [0.1, 0.15) is 11.4 Å². The number of hydrogen-bond acceptors (Lipinski definition) is 3. The van der Waals surface area contributed by atoms with E-state index in [4.69, 9.17) is 4.74 Å². The lowest BCUT2D eigenvalue weighted by atomic mass is 9.86. The first-order valence-electron chi connectivity index (χ1n) is 8.05. The predicted molar refractivity (Wildman–Crippen MR) is 87.1 cm³/mol. The number of ether oxygens (including phenoxy) is 1. The molecule has 0 aliphatic carbocycles. The monoisotopic (exact) mass is 295 g/mol. The van der Waals surface area contributed by atoms with Crippen LogP contribution in [-0.4, -0.2) is 24.8 Å². The fourth-order valence-corrected chi connectivity index (χ4v) is 3.54. The minimum absolute atomic E-state index is 0.635. The van der Waals surface area contributed by atoms with Crippen molar-refractivity contribution in [2.24, 2.45) is 0 Å². The summed E-state index contributed by atoms with van der Waals surface area (Å²) in [5.74, 6) is 1.02. The summed E-state index contributed by atoms with van der Waals surface area (Å²) in [6.07, 6.45) is 2.83. The lowest BCUT2D eigenvalue weighted by Crippen LogP contribution is -2.43. The van der Waals surface area contributed by atoms with Crippen molar-refractivity contribution < 1.29 is 9.84 Å². The van der Waals surface area contributed by atoms with Crippen LogP contribution in [0.25, 0.3) is 11.1 Å². The Morgan fingerprint density at radius 3 is 2.73 bits per heavy atom. The van der Waals surface area contributed by atoms with Crippen LogP contribution in [0.5, 0.6) is 5.75 Å². The SMILES string of the molecule is OC1(c2ccc(-c3cccc4c3OCC4)cc2)CCCNC1. The molecule has 2 aromatic rings. The zero-order chi connectivity index (χ0) is 15.0. The zero-order valence-electron chi connectivity index (χ0n) is 12.6. The number of nitrogens with one attached hydrogen (secondary N) is 1. The van der Waals surface area contributed by atoms with Crippen LogP contribution in [0.3, 0.4) is 0 Å². The second-order valence-electron chi connectivity index (χ2n) is 6.28. The standard InChI is InChI=1S/C19H21NO2/c21-19(10-2-11-20-13-19)16-7-5-14(6-8-16)17-4-1-3-15-9-12-22-18(15)17/h1,3-8,20-21H,2,9-13H2. The Balaban J connectivity index is 1.67. The van der Waals surface area contributed by atoms with E-state index in [1.165, 1.54) is 5.56 Å². The number of piperidine rings is 1. The second-order valence-corrected chi connectivity index (χ2v) is 6.28. The predicted octanol–water partition coefficient (Wildman–Crippen LogP) is 2.86. The van der Waals surface area contributed by atoms with E-state index in [-0.39, 0.29) is 0 Å². The van der Waals surface area contributed by atoms with Crippen LogP contribution in [0.15, 0.2) is 42.5 Å². The minimum atomic E-state index is -0.730. The zero-order valence-corrected chi connectivity index (χ0v) is 12.6. The molecule has 4 rings (SSSR count). The van der Waals surface area contributed by atoms with Gasteiger partial charge >= 0.3 is 0 Å². The van der Waals surface area contributed by atoms with E-state index in [0.717, 1.165) is 54.9 Å². The number of hydrogen-bond donors (Lipinski definition) is 2. The molecule has 0 bridgehead atoms. The van der Waals surface area contributed by atoms with Gasteiger partial charge in [0.15, 0.2) is 0 Å². The number of fused-ring (bicyclic) bond motifs is 1. The Morgan fingerprint density at radius 1 is 1.09 bits per heavy atom. The van der Waals surface area contributed by atoms with Crippen LogP contribution in [0.4, 0.5) is 0 Å². The van der Waals surface area contributed by atoms with Crippen molar-refractivity contribution in [3.63, 3.8) is 0 Å². The fraction of sp³-hybridized carbons (Fsp3) is 0.368. The van der Waals surface area contributed by atoms with Crippen molar-refractivity contribution in [3.8, 4) is 16.9 Å². The topological polar surface area (TPSA) is 41.5 Å². The van der Waals surface area contributed by atoms with Crippen molar-refractivity contribution in [2.75, 3.05) is 19.7 Å². The molecule has 2 heterocycles. The van der Waals surface area contributed by atoms with Crippen LogP contribution >= 0.6 is 0 Å². The Morgan fingerprint density at radius 2 is 1.95 bits per heavy atom. The first-order chi connectivity index (χ1) is 10.8. The van der Waals surface area contributed by atoms with Gasteiger partial charge in [-0.05, 0) is 36.1 Å². The molecule has 2 aromatic carbocycles. The van der Waals surface area contributed by atoms with Gasteiger partial charge in [-0.2, -0.15) is 0 Å². The Hall–Kier alpha value is -1.84. The molecule has 2 N–H and O–H groups in total. The van der Waals surface area contributed by atoms with E-state index >= 15 is 0 Å². The second kappa shape index (κ2) is 5.41. The molecular weight excluding hydrogens is 274 g/mol. The average Bonchev–Trinajstić information content (AvgIpc) is 3.04. The van der Waals surface area contributed by atoms with Crippen molar-refractivity contribution in [3.05, 3.63) is 53.6 Å². The highest BCUT2D eigenvalue weighted by molar-refractivity contribution is 5.73. The fourth-order valence-electron chi connectivity index (χ4n) is 3.54. The van der Waals surface area contributed by atoms with Gasteiger partial charge in [0.2, 0.25) is 0 Å². The molecular formula is C19H21NO2. The molecule has 3 nitrogen and oxygen atoms in total. The molecule has 1 unspecified atom stereocenters. The van der Waals surface area contributed by atoms with Gasteiger partial charge in [-0.25, -0.2) is 0 Å². The molecule has 0 spiro atoms. The summed E-state index contributed by atoms with van der Waals surface area (Å²) in [6.45, 7) is 2.40. The van der Waals surface area contributed by atoms with Gasteiger partial charge in [0.25, 0.3) is 0 Å². The summed E-state index contributed by atoms with van der Waals surface area (Å²) in [6, 6.07) is 14.6. The van der Waals surface area contributed by atoms with Gasteiger partial charge in [0, 0.05) is 18.5 Å². The third kappa shape index (κ3) is 2.31. The third-order valence-corrected chi connectivity index (χ3v) is 4.81. The molecule has 3 heteroatoms. The van der Waals surface area contributed by atoms with Crippen molar-refractivity contribution >= 4 is 0 Å². The molecule has 22 heavy (non-hydrogen) atoms. The number of benzene rings is 2. The molecule has 0 amide bonds. The number of rotatable bonds is 2. The van der Waals surface area contributed by atoms with E-state index in [1.807, 2.05) is 0 Å². The lowest BCUT2D eigenvalue weighted by molar-refractivity contribution is 0.0123. The summed E-state index contributed by atoms with van der Waals surface area (Å²) in [5, 5.41) is 14.1. The molecule has 0 radical (unpaired) electrons. The molecule has 0 saturated carbocycles. The summed E-state index contributed by atoms with van der Waals surface area (Å²) >= 11 is 0. The quantitative estimate of drug-likeness (QED) is 0.895. The summed E-state index contributed by atoms with van der Waals surface area (Å²) in [5.41, 5.74) is 3.85. The maximum atomic E-state index is 10.8. The van der Waals surface area contributed by atoms with Crippen LogP contribution in [-0.2, 0) is 12.0 Å². The minimum Gasteiger partial charge on any atom is -0.492 e. The van der Waals surface area contributed by atoms with E-state index in [0.29, 0.717) is 6.54 Å². The van der Waals surface area contributed by atoms with Crippen LogP contribution in [0.1, 0.15) is 24.0 Å². The van der Waals surface area contributed by atoms with E-state index in [2.05, 4.69) is 47.8 Å². The van der Waals surface area contributed by atoms with Crippen molar-refractivity contribution in [1.82, 2.24) is 5.32 Å². The van der Waals surface area contributed by atoms with Crippen LogP contribution in [0.2, 0.25) is 0 Å². The molecule has 0 aromatic heterocycles. The Labute approximate surface area is 130 Å². The Kier molecular flexibility index (Phi) is 3.40. The van der Waals surface area contributed by atoms with Gasteiger partial charge in [-0.3, -0.25) is 0 Å². The van der Waals surface area contributed by atoms with Crippen LogP contribution in [0, 0.1) is 0 Å². The number of aliphatic hydroxyl groups is 1. The molecule has 2 aliphatic rings. The smallest absolute Gasteiger partial charge is 0.130 e. The van der Waals surface area contributed by atoms with Gasteiger partial charge < -0.3 is 15.2 Å². The van der Waals surface area contributed by atoms with E-state index in [1.54, 1.807) is 0 Å². The summed E-state index contributed by atoms with van der Waals surface area (Å²) < 4.78 is 5.79.